The van der Waals surface area contributed by atoms with Gasteiger partial charge in [0, 0.05) is 12.3 Å². The van der Waals surface area contributed by atoms with Gasteiger partial charge in [-0.3, -0.25) is 9.59 Å². The lowest BCUT2D eigenvalue weighted by atomic mass is 10.0. The molecule has 0 spiro atoms. The lowest BCUT2D eigenvalue weighted by Crippen LogP contribution is -2.35. The van der Waals surface area contributed by atoms with E-state index in [0.717, 1.165) is 11.1 Å². The van der Waals surface area contributed by atoms with Crippen molar-refractivity contribution in [1.82, 2.24) is 10.6 Å². The van der Waals surface area contributed by atoms with Crippen molar-refractivity contribution in [2.45, 2.75) is 39.3 Å². The van der Waals surface area contributed by atoms with E-state index in [0.29, 0.717) is 0 Å². The highest BCUT2D eigenvalue weighted by molar-refractivity contribution is 5.85. The Balaban J connectivity index is 1.83. The highest BCUT2D eigenvalue weighted by atomic mass is 16.2. The summed E-state index contributed by atoms with van der Waals surface area (Å²) < 4.78 is 0. The van der Waals surface area contributed by atoms with Gasteiger partial charge in [0.25, 0.3) is 0 Å². The fourth-order valence-corrected chi connectivity index (χ4v) is 2.68. The number of carbonyl (C=O) groups excluding carboxylic acids is 2. The molecule has 0 fully saturated rings. The van der Waals surface area contributed by atoms with E-state index in [-0.39, 0.29) is 36.2 Å². The molecule has 0 saturated carbocycles. The SMILES string of the molecule is CC(CC(=O)NC(C)c1ccccc1)C(=O)NC(C)c1ccccc1. The van der Waals surface area contributed by atoms with Crippen LogP contribution in [0, 0.1) is 5.92 Å². The second kappa shape index (κ2) is 9.02. The van der Waals surface area contributed by atoms with Gasteiger partial charge in [0.1, 0.15) is 0 Å². The van der Waals surface area contributed by atoms with Gasteiger partial charge in [0.05, 0.1) is 12.1 Å². The number of hydrogen-bond donors (Lipinski definition) is 2. The summed E-state index contributed by atoms with van der Waals surface area (Å²) >= 11 is 0. The van der Waals surface area contributed by atoms with Gasteiger partial charge in [-0.15, -0.1) is 0 Å². The Morgan fingerprint density at radius 3 is 1.68 bits per heavy atom. The summed E-state index contributed by atoms with van der Waals surface area (Å²) in [5, 5.41) is 5.92. The molecule has 0 bridgehead atoms. The maximum atomic E-state index is 12.3. The standard InChI is InChI=1S/C21H26N2O2/c1-15(21(25)23-17(3)19-12-8-5-9-13-19)14-20(24)22-16(2)18-10-6-4-7-11-18/h4-13,15-17H,14H2,1-3H3,(H,22,24)(H,23,25). The van der Waals surface area contributed by atoms with Crippen LogP contribution in [0.25, 0.3) is 0 Å². The first-order valence-corrected chi connectivity index (χ1v) is 8.67. The first-order chi connectivity index (χ1) is 12.0. The average Bonchev–Trinajstić information content (AvgIpc) is 2.62. The summed E-state index contributed by atoms with van der Waals surface area (Å²) in [7, 11) is 0. The topological polar surface area (TPSA) is 58.2 Å². The lowest BCUT2D eigenvalue weighted by Gasteiger charge is -2.19. The molecule has 4 heteroatoms. The van der Waals surface area contributed by atoms with Crippen molar-refractivity contribution in [3.63, 3.8) is 0 Å². The quantitative estimate of drug-likeness (QED) is 0.807. The lowest BCUT2D eigenvalue weighted by molar-refractivity contribution is -0.130. The minimum absolute atomic E-state index is 0.0767. The molecule has 2 amide bonds. The number of nitrogens with one attached hydrogen (secondary N) is 2. The molecule has 0 aromatic heterocycles. The monoisotopic (exact) mass is 338 g/mol. The Labute approximate surface area is 149 Å². The molecule has 132 valence electrons. The minimum Gasteiger partial charge on any atom is -0.350 e. The van der Waals surface area contributed by atoms with Crippen LogP contribution < -0.4 is 10.6 Å². The number of rotatable bonds is 7. The fourth-order valence-electron chi connectivity index (χ4n) is 2.68. The van der Waals surface area contributed by atoms with Gasteiger partial charge >= 0.3 is 0 Å². The Kier molecular flexibility index (Phi) is 6.75. The molecule has 2 aromatic rings. The summed E-state index contributed by atoms with van der Waals surface area (Å²) in [6.45, 7) is 5.66. The van der Waals surface area contributed by atoms with Crippen LogP contribution in [0.4, 0.5) is 0 Å². The van der Waals surface area contributed by atoms with E-state index in [1.807, 2.05) is 74.5 Å². The fraction of sp³-hybridized carbons (Fsp3) is 0.333. The predicted octanol–water partition coefficient (Wildman–Crippen LogP) is 3.77. The zero-order chi connectivity index (χ0) is 18.2. The van der Waals surface area contributed by atoms with Crippen molar-refractivity contribution in [3.05, 3.63) is 71.8 Å². The number of carbonyl (C=O) groups is 2. The molecule has 0 aliphatic heterocycles. The molecule has 0 heterocycles. The number of amides is 2. The number of hydrogen-bond acceptors (Lipinski definition) is 2. The Hall–Kier alpha value is -2.62. The van der Waals surface area contributed by atoms with Crippen LogP contribution in [0.15, 0.2) is 60.7 Å². The van der Waals surface area contributed by atoms with Crippen molar-refractivity contribution in [3.8, 4) is 0 Å². The van der Waals surface area contributed by atoms with Gasteiger partial charge < -0.3 is 10.6 Å². The van der Waals surface area contributed by atoms with Gasteiger partial charge in [-0.1, -0.05) is 67.6 Å². The van der Waals surface area contributed by atoms with Gasteiger partial charge in [-0.2, -0.15) is 0 Å². The van der Waals surface area contributed by atoms with E-state index < -0.39 is 0 Å². The molecule has 0 radical (unpaired) electrons. The molecule has 3 atom stereocenters. The van der Waals surface area contributed by atoms with Crippen molar-refractivity contribution in [2.75, 3.05) is 0 Å². The van der Waals surface area contributed by atoms with Crippen LogP contribution in [0.3, 0.4) is 0 Å². The summed E-state index contributed by atoms with van der Waals surface area (Å²) in [6.07, 6.45) is 0.171. The number of benzene rings is 2. The maximum Gasteiger partial charge on any atom is 0.223 e. The third-order valence-corrected chi connectivity index (χ3v) is 4.27. The Morgan fingerprint density at radius 1 is 0.760 bits per heavy atom. The maximum absolute atomic E-state index is 12.3. The molecule has 4 nitrogen and oxygen atoms in total. The van der Waals surface area contributed by atoms with Crippen molar-refractivity contribution in [1.29, 1.82) is 0 Å². The minimum atomic E-state index is -0.380. The van der Waals surface area contributed by atoms with Crippen molar-refractivity contribution < 1.29 is 9.59 Å². The Morgan fingerprint density at radius 2 is 1.20 bits per heavy atom. The highest BCUT2D eigenvalue weighted by Gasteiger charge is 2.20. The molecule has 2 aromatic carbocycles. The molecule has 0 aliphatic rings. The molecule has 25 heavy (non-hydrogen) atoms. The summed E-state index contributed by atoms with van der Waals surface area (Å²) in [4.78, 5) is 24.5. The third-order valence-electron chi connectivity index (χ3n) is 4.27. The second-order valence-electron chi connectivity index (χ2n) is 6.45. The van der Waals surface area contributed by atoms with E-state index >= 15 is 0 Å². The van der Waals surface area contributed by atoms with Crippen LogP contribution in [-0.2, 0) is 9.59 Å². The molecular formula is C21H26N2O2. The third kappa shape index (κ3) is 5.75. The molecule has 2 N–H and O–H groups in total. The molecular weight excluding hydrogens is 312 g/mol. The first kappa shape index (κ1) is 18.7. The van der Waals surface area contributed by atoms with E-state index in [4.69, 9.17) is 0 Å². The van der Waals surface area contributed by atoms with E-state index in [1.54, 1.807) is 6.92 Å². The highest BCUT2D eigenvalue weighted by Crippen LogP contribution is 2.15. The van der Waals surface area contributed by atoms with Crippen molar-refractivity contribution >= 4 is 11.8 Å². The molecule has 0 saturated heterocycles. The van der Waals surface area contributed by atoms with Crippen LogP contribution >= 0.6 is 0 Å². The van der Waals surface area contributed by atoms with Gasteiger partial charge in [-0.25, -0.2) is 0 Å². The smallest absolute Gasteiger partial charge is 0.223 e. The summed E-state index contributed by atoms with van der Waals surface area (Å²) in [5.41, 5.74) is 2.09. The first-order valence-electron chi connectivity index (χ1n) is 8.67. The zero-order valence-electron chi connectivity index (χ0n) is 15.0. The zero-order valence-corrected chi connectivity index (χ0v) is 15.0. The Bertz CT molecular complexity index is 686. The van der Waals surface area contributed by atoms with Gasteiger partial charge in [-0.05, 0) is 25.0 Å². The van der Waals surface area contributed by atoms with E-state index in [9.17, 15) is 9.59 Å². The van der Waals surface area contributed by atoms with Crippen LogP contribution in [0.5, 0.6) is 0 Å². The molecule has 0 aliphatic carbocycles. The predicted molar refractivity (Wildman–Crippen MR) is 99.8 cm³/mol. The summed E-state index contributed by atoms with van der Waals surface area (Å²) in [5.74, 6) is -0.612. The largest absolute Gasteiger partial charge is 0.350 e. The van der Waals surface area contributed by atoms with E-state index in [1.165, 1.54) is 0 Å². The molecule has 2 rings (SSSR count). The van der Waals surface area contributed by atoms with Gasteiger partial charge in [0.2, 0.25) is 11.8 Å². The van der Waals surface area contributed by atoms with E-state index in [2.05, 4.69) is 10.6 Å². The van der Waals surface area contributed by atoms with Crippen molar-refractivity contribution in [2.24, 2.45) is 5.92 Å². The van der Waals surface area contributed by atoms with Crippen LogP contribution in [-0.4, -0.2) is 11.8 Å². The molecule has 3 unspecified atom stereocenters. The van der Waals surface area contributed by atoms with Crippen LogP contribution in [0.1, 0.15) is 50.4 Å². The summed E-state index contributed by atoms with van der Waals surface area (Å²) in [6, 6.07) is 19.4. The van der Waals surface area contributed by atoms with Crippen LogP contribution in [0.2, 0.25) is 0 Å². The second-order valence-corrected chi connectivity index (χ2v) is 6.45. The van der Waals surface area contributed by atoms with Gasteiger partial charge in [0.15, 0.2) is 0 Å². The normalized spacial score (nSPS) is 14.2. The average molecular weight is 338 g/mol.